The molecule has 0 radical (unpaired) electrons. The molecule has 30 heavy (non-hydrogen) atoms. The van der Waals surface area contributed by atoms with E-state index in [1.165, 1.54) is 12.1 Å². The molecule has 0 aliphatic heterocycles. The fraction of sp³-hybridized carbons (Fsp3) is 0.348. The summed E-state index contributed by atoms with van der Waals surface area (Å²) in [6.07, 6.45) is -0.700. The lowest BCUT2D eigenvalue weighted by Crippen LogP contribution is -2.48. The SMILES string of the molecule is CC(C)[C@H](NC(=O)OC(C)(C)C)C(=O)Oc1ccc2c(=O)c3ccccc3oc2c1. The molecule has 0 saturated heterocycles. The van der Waals surface area contributed by atoms with Gasteiger partial charge in [-0.05, 0) is 51.0 Å². The van der Waals surface area contributed by atoms with Crippen LogP contribution in [0.2, 0.25) is 0 Å². The van der Waals surface area contributed by atoms with Gasteiger partial charge in [0.25, 0.3) is 0 Å². The average molecular weight is 411 g/mol. The van der Waals surface area contributed by atoms with Crippen molar-refractivity contribution in [3.8, 4) is 5.75 Å². The normalized spacial score (nSPS) is 12.7. The number of ether oxygens (including phenoxy) is 2. The number of amides is 1. The van der Waals surface area contributed by atoms with Gasteiger partial charge in [-0.1, -0.05) is 26.0 Å². The molecule has 7 heteroatoms. The van der Waals surface area contributed by atoms with Crippen molar-refractivity contribution < 1.29 is 23.5 Å². The Bertz CT molecular complexity index is 1160. The summed E-state index contributed by atoms with van der Waals surface area (Å²) < 4.78 is 16.5. The third kappa shape index (κ3) is 4.79. The van der Waals surface area contributed by atoms with Crippen LogP contribution in [0.15, 0.2) is 51.7 Å². The monoisotopic (exact) mass is 411 g/mol. The molecule has 0 fully saturated rings. The van der Waals surface area contributed by atoms with E-state index >= 15 is 0 Å². The second-order valence-electron chi connectivity index (χ2n) is 8.37. The summed E-state index contributed by atoms with van der Waals surface area (Å²) in [4.78, 5) is 37.4. The lowest BCUT2D eigenvalue weighted by atomic mass is 10.1. The van der Waals surface area contributed by atoms with Gasteiger partial charge in [-0.2, -0.15) is 0 Å². The minimum atomic E-state index is -0.904. The van der Waals surface area contributed by atoms with Gasteiger partial charge in [0.2, 0.25) is 5.43 Å². The second-order valence-corrected chi connectivity index (χ2v) is 8.37. The summed E-state index contributed by atoms with van der Waals surface area (Å²) in [6.45, 7) is 8.79. The van der Waals surface area contributed by atoms with E-state index in [1.807, 2.05) is 0 Å². The number of hydrogen-bond donors (Lipinski definition) is 1. The van der Waals surface area contributed by atoms with E-state index in [-0.39, 0.29) is 17.1 Å². The predicted octanol–water partition coefficient (Wildman–Crippen LogP) is 4.40. The Morgan fingerprint density at radius 3 is 2.33 bits per heavy atom. The van der Waals surface area contributed by atoms with Crippen molar-refractivity contribution in [2.75, 3.05) is 0 Å². The molecule has 0 aliphatic carbocycles. The Labute approximate surface area is 174 Å². The molecule has 0 spiro atoms. The van der Waals surface area contributed by atoms with E-state index in [4.69, 9.17) is 13.9 Å². The van der Waals surface area contributed by atoms with E-state index in [2.05, 4.69) is 5.32 Å². The highest BCUT2D eigenvalue weighted by Crippen LogP contribution is 2.23. The zero-order valence-electron chi connectivity index (χ0n) is 17.6. The minimum absolute atomic E-state index is 0.156. The Morgan fingerprint density at radius 1 is 1.00 bits per heavy atom. The summed E-state index contributed by atoms with van der Waals surface area (Å²) in [5, 5.41) is 3.43. The molecule has 158 valence electrons. The van der Waals surface area contributed by atoms with Crippen molar-refractivity contribution >= 4 is 34.0 Å². The number of hydrogen-bond acceptors (Lipinski definition) is 6. The summed E-state index contributed by atoms with van der Waals surface area (Å²) in [5.41, 5.74) is -0.0829. The number of alkyl carbamates (subject to hydrolysis) is 1. The number of esters is 1. The van der Waals surface area contributed by atoms with Crippen LogP contribution in [0.1, 0.15) is 34.6 Å². The highest BCUT2D eigenvalue weighted by atomic mass is 16.6. The molecular formula is C23H25NO6. The first-order valence-electron chi connectivity index (χ1n) is 9.72. The van der Waals surface area contributed by atoms with E-state index in [0.29, 0.717) is 21.9 Å². The van der Waals surface area contributed by atoms with Crippen LogP contribution in [0.3, 0.4) is 0 Å². The summed E-state index contributed by atoms with van der Waals surface area (Å²) >= 11 is 0. The molecule has 7 nitrogen and oxygen atoms in total. The van der Waals surface area contributed by atoms with Crippen molar-refractivity contribution in [1.29, 1.82) is 0 Å². The maximum atomic E-state index is 12.7. The number of rotatable bonds is 4. The molecular weight excluding hydrogens is 386 g/mol. The van der Waals surface area contributed by atoms with Crippen LogP contribution in [0.25, 0.3) is 21.9 Å². The van der Waals surface area contributed by atoms with Crippen LogP contribution < -0.4 is 15.5 Å². The minimum Gasteiger partial charge on any atom is -0.456 e. The molecule has 1 amide bonds. The molecule has 3 rings (SSSR count). The maximum Gasteiger partial charge on any atom is 0.408 e. The summed E-state index contributed by atoms with van der Waals surface area (Å²) in [6, 6.07) is 10.6. The fourth-order valence-electron chi connectivity index (χ4n) is 2.96. The Kier molecular flexibility index (Phi) is 5.82. The van der Waals surface area contributed by atoms with Crippen molar-refractivity contribution in [3.63, 3.8) is 0 Å². The predicted molar refractivity (Wildman–Crippen MR) is 114 cm³/mol. The van der Waals surface area contributed by atoms with Crippen LogP contribution in [0, 0.1) is 5.92 Å². The van der Waals surface area contributed by atoms with Gasteiger partial charge in [0.05, 0.1) is 10.8 Å². The first-order valence-corrected chi connectivity index (χ1v) is 9.72. The van der Waals surface area contributed by atoms with Crippen molar-refractivity contribution in [3.05, 3.63) is 52.7 Å². The first-order chi connectivity index (χ1) is 14.0. The smallest absolute Gasteiger partial charge is 0.408 e. The summed E-state index contributed by atoms with van der Waals surface area (Å²) in [7, 11) is 0. The molecule has 0 bridgehead atoms. The van der Waals surface area contributed by atoms with Gasteiger partial charge in [0, 0.05) is 6.07 Å². The van der Waals surface area contributed by atoms with Gasteiger partial charge in [-0.15, -0.1) is 0 Å². The van der Waals surface area contributed by atoms with Gasteiger partial charge in [-0.25, -0.2) is 9.59 Å². The van der Waals surface area contributed by atoms with Crippen LogP contribution in [0.5, 0.6) is 5.75 Å². The maximum absolute atomic E-state index is 12.7. The van der Waals surface area contributed by atoms with Gasteiger partial charge in [0.1, 0.15) is 28.6 Å². The van der Waals surface area contributed by atoms with Crippen molar-refractivity contribution in [2.24, 2.45) is 5.92 Å². The number of carbonyl (C=O) groups is 2. The topological polar surface area (TPSA) is 94.8 Å². The fourth-order valence-corrected chi connectivity index (χ4v) is 2.96. The third-order valence-electron chi connectivity index (χ3n) is 4.36. The lowest BCUT2D eigenvalue weighted by Gasteiger charge is -2.24. The largest absolute Gasteiger partial charge is 0.456 e. The summed E-state index contributed by atoms with van der Waals surface area (Å²) in [5.74, 6) is -0.659. The molecule has 0 saturated carbocycles. The quantitative estimate of drug-likeness (QED) is 0.388. The second kappa shape index (κ2) is 8.18. The zero-order chi connectivity index (χ0) is 22.1. The molecule has 1 atom stereocenters. The van der Waals surface area contributed by atoms with Crippen molar-refractivity contribution in [2.45, 2.75) is 46.3 Å². The molecule has 0 unspecified atom stereocenters. The van der Waals surface area contributed by atoms with E-state index in [1.54, 1.807) is 65.0 Å². The molecule has 2 aromatic carbocycles. The lowest BCUT2D eigenvalue weighted by molar-refractivity contribution is -0.137. The van der Waals surface area contributed by atoms with Gasteiger partial charge in [-0.3, -0.25) is 4.79 Å². The van der Waals surface area contributed by atoms with Crippen LogP contribution in [-0.2, 0) is 9.53 Å². The molecule has 1 heterocycles. The number of nitrogens with one attached hydrogen (secondary N) is 1. The van der Waals surface area contributed by atoms with E-state index in [0.717, 1.165) is 0 Å². The molecule has 0 aliphatic rings. The van der Waals surface area contributed by atoms with Gasteiger partial charge < -0.3 is 19.2 Å². The number of carbonyl (C=O) groups excluding carboxylic acids is 2. The average Bonchev–Trinajstić information content (AvgIpc) is 2.64. The van der Waals surface area contributed by atoms with Crippen molar-refractivity contribution in [1.82, 2.24) is 5.32 Å². The molecule has 1 N–H and O–H groups in total. The zero-order valence-corrected chi connectivity index (χ0v) is 17.6. The van der Waals surface area contributed by atoms with Crippen LogP contribution in [-0.4, -0.2) is 23.7 Å². The Morgan fingerprint density at radius 2 is 1.67 bits per heavy atom. The molecule has 3 aromatic rings. The van der Waals surface area contributed by atoms with Crippen LogP contribution >= 0.6 is 0 Å². The number of benzene rings is 2. The Hall–Kier alpha value is -3.35. The highest BCUT2D eigenvalue weighted by molar-refractivity contribution is 5.91. The van der Waals surface area contributed by atoms with Gasteiger partial charge in [0.15, 0.2) is 0 Å². The van der Waals surface area contributed by atoms with Crippen LogP contribution in [0.4, 0.5) is 4.79 Å². The Balaban J connectivity index is 1.84. The standard InChI is InChI=1S/C23H25NO6/c1-13(2)19(24-22(27)30-23(3,4)5)21(26)28-14-10-11-16-18(12-14)29-17-9-7-6-8-15(17)20(16)25/h6-13,19H,1-5H3,(H,24,27)/t19-/m0/s1. The highest BCUT2D eigenvalue weighted by Gasteiger charge is 2.28. The van der Waals surface area contributed by atoms with E-state index < -0.39 is 23.7 Å². The van der Waals surface area contributed by atoms with E-state index in [9.17, 15) is 14.4 Å². The first kappa shape index (κ1) is 21.4. The van der Waals surface area contributed by atoms with Gasteiger partial charge >= 0.3 is 12.1 Å². The number of para-hydroxylation sites is 1. The number of fused-ring (bicyclic) bond motifs is 2. The third-order valence-corrected chi connectivity index (χ3v) is 4.36. The molecule has 1 aromatic heterocycles.